The number of pyridine rings is 5. The molecule has 5 aromatic heterocycles. The second-order valence-electron chi connectivity index (χ2n) is 21.9. The molecule has 15 heteroatoms. The van der Waals surface area contributed by atoms with Gasteiger partial charge >= 0.3 is 0 Å². The summed E-state index contributed by atoms with van der Waals surface area (Å²) < 4.78 is 16.9. The van der Waals surface area contributed by atoms with Crippen molar-refractivity contribution in [3.8, 4) is 46.0 Å². The Hall–Kier alpha value is -11.7. The average Bonchev–Trinajstić information content (AvgIpc) is 1.30. The normalized spacial score (nSPS) is 10.6. The summed E-state index contributed by atoms with van der Waals surface area (Å²) in [6, 6.07) is 93.6. The van der Waals surface area contributed by atoms with Gasteiger partial charge in [-0.15, -0.1) is 23.5 Å². The number of phenolic OH excluding ortho intramolecular Hbond substituents is 5. The summed E-state index contributed by atoms with van der Waals surface area (Å²) in [5, 5.41) is 52.4. The van der Waals surface area contributed by atoms with Gasteiger partial charge in [-0.2, -0.15) is 0 Å². The molecule has 0 amide bonds. The molecule has 13 nitrogen and oxygen atoms in total. The van der Waals surface area contributed by atoms with Gasteiger partial charge in [-0.25, -0.2) is 15.0 Å². The second kappa shape index (κ2) is 33.3. The van der Waals surface area contributed by atoms with Gasteiger partial charge in [0.2, 0.25) is 0 Å². The number of ether oxygens (including phenoxy) is 3. The lowest BCUT2D eigenvalue weighted by molar-refractivity contribution is 0.300. The summed E-state index contributed by atoms with van der Waals surface area (Å²) in [4.78, 5) is 25.1. The molecule has 5 N–H and O–H groups in total. The zero-order valence-electron chi connectivity index (χ0n) is 52.3. The molecule has 0 saturated carbocycles. The first-order chi connectivity index (χ1) is 46.9. The van der Waals surface area contributed by atoms with Gasteiger partial charge in [0, 0.05) is 60.4 Å². The standard InChI is InChI=1S/C17H15NO2.2C16H13NO2.2C16H13NOS/c1-12-8-15(19)10-16(9-12)20-11-14-7-6-13-4-2-3-5-17(13)18-14;18-14-5-3-6-15(10-14)19-11-13-9-8-12-4-1-2-7-16(12)17-13;18-14-7-9-15(10-8-14)19-11-13-6-5-12-3-1-2-4-16(12)17-13;18-14-5-3-6-15(10-14)19-11-13-9-8-12-4-1-2-7-16(12)17-13;18-14-7-9-15(10-8-14)19-11-13-6-5-12-3-1-2-4-16(12)17-13/h2-10,19H,11H2,1H3;4*1-10,18H,11H2. The van der Waals surface area contributed by atoms with E-state index in [2.05, 4.69) is 61.3 Å². The third kappa shape index (κ3) is 19.9. The first-order valence-corrected chi connectivity index (χ1v) is 32.8. The van der Waals surface area contributed by atoms with Crippen LogP contribution in [0.25, 0.3) is 54.5 Å². The van der Waals surface area contributed by atoms with Gasteiger partial charge in [0.1, 0.15) is 65.8 Å². The second-order valence-corrected chi connectivity index (χ2v) is 24.0. The van der Waals surface area contributed by atoms with E-state index in [4.69, 9.17) is 14.2 Å². The van der Waals surface area contributed by atoms with E-state index >= 15 is 0 Å². The van der Waals surface area contributed by atoms with Gasteiger partial charge < -0.3 is 39.7 Å². The lowest BCUT2D eigenvalue weighted by Gasteiger charge is -2.08. The maximum atomic E-state index is 9.54. The van der Waals surface area contributed by atoms with E-state index in [1.807, 2.05) is 183 Å². The molecule has 0 bridgehead atoms. The Labute approximate surface area is 564 Å². The number of aryl methyl sites for hydroxylation is 1. The topological polar surface area (TPSA) is 193 Å². The highest BCUT2D eigenvalue weighted by atomic mass is 32.2. The predicted molar refractivity (Wildman–Crippen MR) is 386 cm³/mol. The number of rotatable bonds is 15. The number of para-hydroxylation sites is 5. The van der Waals surface area contributed by atoms with Crippen LogP contribution in [-0.2, 0) is 31.3 Å². The molecule has 0 aliphatic rings. The fraction of sp³-hybridized carbons (Fsp3) is 0.0741. The molecule has 0 unspecified atom stereocenters. The summed E-state index contributed by atoms with van der Waals surface area (Å²) in [5.41, 5.74) is 10.6. The number of benzene rings is 10. The van der Waals surface area contributed by atoms with Crippen LogP contribution in [0.2, 0.25) is 0 Å². The maximum absolute atomic E-state index is 9.54. The molecule has 96 heavy (non-hydrogen) atoms. The number of nitrogens with zero attached hydrogens (tertiary/aromatic N) is 5. The zero-order valence-corrected chi connectivity index (χ0v) is 54.0. The van der Waals surface area contributed by atoms with E-state index in [9.17, 15) is 25.5 Å². The Balaban J connectivity index is 0.000000122. The van der Waals surface area contributed by atoms with E-state index in [0.717, 1.165) is 104 Å². The van der Waals surface area contributed by atoms with Gasteiger partial charge in [0.05, 0.1) is 56.1 Å². The monoisotopic (exact) mass is 1300 g/mol. The highest BCUT2D eigenvalue weighted by Crippen LogP contribution is 2.29. The lowest BCUT2D eigenvalue weighted by atomic mass is 10.2. The van der Waals surface area contributed by atoms with Crippen molar-refractivity contribution in [3.05, 3.63) is 331 Å². The summed E-state index contributed by atoms with van der Waals surface area (Å²) in [6.07, 6.45) is 0. The smallest absolute Gasteiger partial charge is 0.130 e. The van der Waals surface area contributed by atoms with Crippen LogP contribution < -0.4 is 14.2 Å². The molecule has 0 saturated heterocycles. The van der Waals surface area contributed by atoms with Gasteiger partial charge in [0.15, 0.2) is 0 Å². The van der Waals surface area contributed by atoms with Gasteiger partial charge in [-0.3, -0.25) is 9.97 Å². The molecular weight excluding hydrogens is 1240 g/mol. The Morgan fingerprint density at radius 3 is 1.04 bits per heavy atom. The highest BCUT2D eigenvalue weighted by Gasteiger charge is 2.07. The molecule has 0 aliphatic carbocycles. The van der Waals surface area contributed by atoms with Crippen molar-refractivity contribution in [2.24, 2.45) is 0 Å². The van der Waals surface area contributed by atoms with Crippen molar-refractivity contribution in [1.29, 1.82) is 0 Å². The van der Waals surface area contributed by atoms with Crippen molar-refractivity contribution in [1.82, 2.24) is 24.9 Å². The van der Waals surface area contributed by atoms with E-state index < -0.39 is 0 Å². The van der Waals surface area contributed by atoms with Crippen LogP contribution in [-0.4, -0.2) is 50.5 Å². The Morgan fingerprint density at radius 1 is 0.260 bits per heavy atom. The molecule has 0 aliphatic heterocycles. The fourth-order valence-corrected chi connectivity index (χ4v) is 11.4. The zero-order chi connectivity index (χ0) is 66.3. The fourth-order valence-electron chi connectivity index (χ4n) is 9.77. The van der Waals surface area contributed by atoms with Crippen LogP contribution in [0.5, 0.6) is 46.0 Å². The Kier molecular flexibility index (Phi) is 22.8. The minimum Gasteiger partial charge on any atom is -0.508 e. The Morgan fingerprint density at radius 2 is 0.615 bits per heavy atom. The molecule has 5 heterocycles. The van der Waals surface area contributed by atoms with Crippen molar-refractivity contribution in [2.75, 3.05) is 0 Å². The van der Waals surface area contributed by atoms with Crippen molar-refractivity contribution >= 4 is 78.0 Å². The number of phenols is 5. The number of aromatic hydroxyl groups is 5. The molecule has 0 fully saturated rings. The minimum absolute atomic E-state index is 0.198. The van der Waals surface area contributed by atoms with E-state index in [1.54, 1.807) is 108 Å². The summed E-state index contributed by atoms with van der Waals surface area (Å²) in [5.74, 6) is 4.88. The molecule has 476 valence electrons. The molecule has 15 rings (SSSR count). The lowest BCUT2D eigenvalue weighted by Crippen LogP contribution is -1.98. The minimum atomic E-state index is 0.198. The molecule has 0 spiro atoms. The van der Waals surface area contributed by atoms with E-state index in [-0.39, 0.29) is 17.2 Å². The number of thioether (sulfide) groups is 2. The van der Waals surface area contributed by atoms with Gasteiger partial charge in [-0.1, -0.05) is 133 Å². The van der Waals surface area contributed by atoms with E-state index in [1.165, 1.54) is 5.39 Å². The van der Waals surface area contributed by atoms with Crippen LogP contribution in [0.1, 0.15) is 34.0 Å². The number of hydrogen-bond donors (Lipinski definition) is 5. The van der Waals surface area contributed by atoms with Crippen molar-refractivity contribution in [3.63, 3.8) is 0 Å². The maximum Gasteiger partial charge on any atom is 0.130 e. The van der Waals surface area contributed by atoms with Gasteiger partial charge in [0.25, 0.3) is 0 Å². The number of aromatic nitrogens is 5. The molecular formula is C81H67N5O8S2. The predicted octanol–water partition coefficient (Wildman–Crippen LogP) is 19.3. The van der Waals surface area contributed by atoms with E-state index in [0.29, 0.717) is 48.6 Å². The largest absolute Gasteiger partial charge is 0.508 e. The van der Waals surface area contributed by atoms with Crippen LogP contribution in [0.15, 0.2) is 307 Å². The highest BCUT2D eigenvalue weighted by molar-refractivity contribution is 7.98. The summed E-state index contributed by atoms with van der Waals surface area (Å²) in [7, 11) is 0. The summed E-state index contributed by atoms with van der Waals surface area (Å²) >= 11 is 3.39. The molecule has 0 radical (unpaired) electrons. The quantitative estimate of drug-likeness (QED) is 0.0608. The first kappa shape index (κ1) is 65.8. The van der Waals surface area contributed by atoms with Crippen molar-refractivity contribution < 1.29 is 39.7 Å². The first-order valence-electron chi connectivity index (χ1n) is 30.8. The van der Waals surface area contributed by atoms with Crippen LogP contribution in [0.4, 0.5) is 0 Å². The van der Waals surface area contributed by atoms with Crippen LogP contribution in [0.3, 0.4) is 0 Å². The van der Waals surface area contributed by atoms with Crippen LogP contribution in [0, 0.1) is 6.92 Å². The number of hydrogen-bond acceptors (Lipinski definition) is 15. The number of fused-ring (bicyclic) bond motifs is 5. The SMILES string of the molecule is Cc1cc(O)cc(OCc2ccc3ccccc3n2)c1.Oc1ccc(OCc2ccc3ccccc3n2)cc1.Oc1ccc(SCc2ccc3ccccc3n2)cc1.Oc1cccc(OCc2ccc3ccccc3n2)c1.Oc1cccc(SCc2ccc3ccccc3n2)c1. The third-order valence-electron chi connectivity index (χ3n) is 14.6. The summed E-state index contributed by atoms with van der Waals surface area (Å²) in [6.45, 7) is 3.10. The average molecular weight is 1300 g/mol. The molecule has 10 aromatic carbocycles. The van der Waals surface area contributed by atoms with Crippen molar-refractivity contribution in [2.45, 2.75) is 48.0 Å². The molecule has 0 atom stereocenters. The Bertz CT molecular complexity index is 4760. The third-order valence-corrected chi connectivity index (χ3v) is 16.6. The van der Waals surface area contributed by atoms with Crippen LogP contribution >= 0.6 is 23.5 Å². The molecule has 15 aromatic rings. The van der Waals surface area contributed by atoms with Gasteiger partial charge in [-0.05, 0) is 164 Å².